The quantitative estimate of drug-likeness (QED) is 0.767. The first-order valence-corrected chi connectivity index (χ1v) is 7.43. The van der Waals surface area contributed by atoms with E-state index in [0.29, 0.717) is 6.10 Å². The molecule has 2 rings (SSSR count). The van der Waals surface area contributed by atoms with Gasteiger partial charge in [0.25, 0.3) is 0 Å². The molecule has 2 heterocycles. The van der Waals surface area contributed by atoms with E-state index in [9.17, 15) is 0 Å². The number of rotatable bonds is 6. The van der Waals surface area contributed by atoms with Crippen LogP contribution in [0, 0.1) is 5.92 Å². The maximum absolute atomic E-state index is 5.76. The first-order chi connectivity index (χ1) is 8.38. The minimum Gasteiger partial charge on any atom is -0.377 e. The van der Waals surface area contributed by atoms with Crippen LogP contribution >= 0.6 is 0 Å². The summed E-state index contributed by atoms with van der Waals surface area (Å²) in [6, 6.07) is 0. The second-order valence-electron chi connectivity index (χ2n) is 5.59. The van der Waals surface area contributed by atoms with Crippen molar-refractivity contribution in [3.8, 4) is 0 Å². The smallest absolute Gasteiger partial charge is 0.0702 e. The van der Waals surface area contributed by atoms with Crippen LogP contribution in [-0.2, 0) is 4.74 Å². The number of hydrogen-bond donors (Lipinski definition) is 1. The lowest BCUT2D eigenvalue weighted by atomic mass is 9.97. The first kappa shape index (κ1) is 13.3. The molecule has 100 valence electrons. The van der Waals surface area contributed by atoms with Gasteiger partial charge in [-0.15, -0.1) is 0 Å². The van der Waals surface area contributed by atoms with Gasteiger partial charge in [-0.25, -0.2) is 0 Å². The Hall–Kier alpha value is -0.120. The van der Waals surface area contributed by atoms with Crippen LogP contribution in [-0.4, -0.2) is 50.3 Å². The van der Waals surface area contributed by atoms with Crippen LogP contribution in [0.2, 0.25) is 0 Å². The van der Waals surface area contributed by atoms with Crippen molar-refractivity contribution in [2.45, 2.75) is 45.1 Å². The Morgan fingerprint density at radius 3 is 2.65 bits per heavy atom. The minimum atomic E-state index is 0.517. The second-order valence-corrected chi connectivity index (χ2v) is 5.59. The molecule has 1 atom stereocenters. The predicted molar refractivity (Wildman–Crippen MR) is 71.3 cm³/mol. The van der Waals surface area contributed by atoms with E-state index in [4.69, 9.17) is 4.74 Å². The van der Waals surface area contributed by atoms with E-state index in [2.05, 4.69) is 17.1 Å². The molecule has 2 fully saturated rings. The molecule has 1 unspecified atom stereocenters. The van der Waals surface area contributed by atoms with Crippen LogP contribution < -0.4 is 5.32 Å². The molecule has 0 aliphatic carbocycles. The Kier molecular flexibility index (Phi) is 5.75. The van der Waals surface area contributed by atoms with Gasteiger partial charge < -0.3 is 15.0 Å². The lowest BCUT2D eigenvalue weighted by molar-refractivity contribution is 0.0653. The third-order valence-electron chi connectivity index (χ3n) is 4.00. The number of nitrogens with one attached hydrogen (secondary N) is 1. The Labute approximate surface area is 106 Å². The summed E-state index contributed by atoms with van der Waals surface area (Å²) in [5, 5.41) is 3.45. The number of ether oxygens (including phenoxy) is 1. The molecule has 1 N–H and O–H groups in total. The van der Waals surface area contributed by atoms with Gasteiger partial charge in [-0.1, -0.05) is 6.92 Å². The number of hydrogen-bond acceptors (Lipinski definition) is 3. The van der Waals surface area contributed by atoms with Gasteiger partial charge in [0.05, 0.1) is 6.10 Å². The lowest BCUT2D eigenvalue weighted by Crippen LogP contribution is -2.39. The van der Waals surface area contributed by atoms with E-state index < -0.39 is 0 Å². The number of piperidine rings is 1. The summed E-state index contributed by atoms with van der Waals surface area (Å²) < 4.78 is 5.76. The summed E-state index contributed by atoms with van der Waals surface area (Å²) in [6.45, 7) is 9.38. The van der Waals surface area contributed by atoms with Crippen molar-refractivity contribution >= 4 is 0 Å². The Morgan fingerprint density at radius 1 is 1.18 bits per heavy atom. The van der Waals surface area contributed by atoms with Crippen molar-refractivity contribution in [2.24, 2.45) is 5.92 Å². The molecule has 2 aliphatic heterocycles. The second kappa shape index (κ2) is 7.34. The molecule has 3 nitrogen and oxygen atoms in total. The highest BCUT2D eigenvalue weighted by molar-refractivity contribution is 4.76. The predicted octanol–water partition coefficient (Wildman–Crippen LogP) is 1.88. The summed E-state index contributed by atoms with van der Waals surface area (Å²) in [5.41, 5.74) is 0. The SMILES string of the molecule is CCCN(CC1CCNCC1)CC1CCCO1. The third kappa shape index (κ3) is 4.57. The fraction of sp³-hybridized carbons (Fsp3) is 1.00. The zero-order valence-electron chi connectivity index (χ0n) is 11.3. The van der Waals surface area contributed by atoms with Crippen molar-refractivity contribution in [1.29, 1.82) is 0 Å². The molecule has 3 heteroatoms. The minimum absolute atomic E-state index is 0.517. The summed E-state index contributed by atoms with van der Waals surface area (Å²) in [7, 11) is 0. The fourth-order valence-corrected chi connectivity index (χ4v) is 3.08. The molecular formula is C14H28N2O. The van der Waals surface area contributed by atoms with Crippen LogP contribution in [0.1, 0.15) is 39.0 Å². The molecule has 2 aliphatic rings. The van der Waals surface area contributed by atoms with Crippen LogP contribution in [0.5, 0.6) is 0 Å². The molecule has 0 bridgehead atoms. The molecule has 0 amide bonds. The molecule has 0 aromatic carbocycles. The maximum atomic E-state index is 5.76. The van der Waals surface area contributed by atoms with Crippen LogP contribution in [0.4, 0.5) is 0 Å². The van der Waals surface area contributed by atoms with Gasteiger partial charge in [0, 0.05) is 19.7 Å². The van der Waals surface area contributed by atoms with Crippen LogP contribution in [0.15, 0.2) is 0 Å². The van der Waals surface area contributed by atoms with Crippen LogP contribution in [0.25, 0.3) is 0 Å². The van der Waals surface area contributed by atoms with Gasteiger partial charge in [0.15, 0.2) is 0 Å². The third-order valence-corrected chi connectivity index (χ3v) is 4.00. The molecular weight excluding hydrogens is 212 g/mol. The summed E-state index contributed by atoms with van der Waals surface area (Å²) >= 11 is 0. The number of nitrogens with zero attached hydrogens (tertiary/aromatic N) is 1. The van der Waals surface area contributed by atoms with Gasteiger partial charge in [-0.3, -0.25) is 0 Å². The monoisotopic (exact) mass is 240 g/mol. The summed E-state index contributed by atoms with van der Waals surface area (Å²) in [5.74, 6) is 0.907. The van der Waals surface area contributed by atoms with Gasteiger partial charge in [-0.05, 0) is 57.7 Å². The average Bonchev–Trinajstić information content (AvgIpc) is 2.83. The van der Waals surface area contributed by atoms with Gasteiger partial charge >= 0.3 is 0 Å². The average molecular weight is 240 g/mol. The highest BCUT2D eigenvalue weighted by Gasteiger charge is 2.21. The maximum Gasteiger partial charge on any atom is 0.0702 e. The molecule has 0 aromatic rings. The highest BCUT2D eigenvalue weighted by Crippen LogP contribution is 2.17. The molecule has 0 radical (unpaired) electrons. The lowest BCUT2D eigenvalue weighted by Gasteiger charge is -2.31. The van der Waals surface area contributed by atoms with E-state index >= 15 is 0 Å². The molecule has 0 saturated carbocycles. The molecule has 17 heavy (non-hydrogen) atoms. The summed E-state index contributed by atoms with van der Waals surface area (Å²) in [6.07, 6.45) is 7.02. The van der Waals surface area contributed by atoms with Gasteiger partial charge in [0.1, 0.15) is 0 Å². The van der Waals surface area contributed by atoms with E-state index in [1.807, 2.05) is 0 Å². The van der Waals surface area contributed by atoms with Crippen molar-refractivity contribution in [2.75, 3.05) is 39.3 Å². The largest absolute Gasteiger partial charge is 0.377 e. The van der Waals surface area contributed by atoms with E-state index in [1.54, 1.807) is 0 Å². The Balaban J connectivity index is 1.74. The normalized spacial score (nSPS) is 26.8. The van der Waals surface area contributed by atoms with Crippen LogP contribution in [0.3, 0.4) is 0 Å². The van der Waals surface area contributed by atoms with Crippen molar-refractivity contribution in [3.63, 3.8) is 0 Å². The highest BCUT2D eigenvalue weighted by atomic mass is 16.5. The van der Waals surface area contributed by atoms with E-state index in [1.165, 1.54) is 58.3 Å². The molecule has 0 aromatic heterocycles. The Bertz CT molecular complexity index is 198. The van der Waals surface area contributed by atoms with E-state index in [-0.39, 0.29) is 0 Å². The van der Waals surface area contributed by atoms with Gasteiger partial charge in [-0.2, -0.15) is 0 Å². The fourth-order valence-electron chi connectivity index (χ4n) is 3.08. The topological polar surface area (TPSA) is 24.5 Å². The van der Waals surface area contributed by atoms with Crippen molar-refractivity contribution in [1.82, 2.24) is 10.2 Å². The standard InChI is InChI=1S/C14H28N2O/c1-2-9-16(12-14-4-3-10-17-14)11-13-5-7-15-8-6-13/h13-15H,2-12H2,1H3. The van der Waals surface area contributed by atoms with Crippen molar-refractivity contribution < 1.29 is 4.74 Å². The summed E-state index contributed by atoms with van der Waals surface area (Å²) in [4.78, 5) is 2.64. The molecule has 2 saturated heterocycles. The zero-order valence-corrected chi connectivity index (χ0v) is 11.3. The first-order valence-electron chi connectivity index (χ1n) is 7.43. The van der Waals surface area contributed by atoms with Gasteiger partial charge in [0.2, 0.25) is 0 Å². The Morgan fingerprint density at radius 2 is 2.00 bits per heavy atom. The van der Waals surface area contributed by atoms with E-state index in [0.717, 1.165) is 19.1 Å². The molecule has 0 spiro atoms. The van der Waals surface area contributed by atoms with Crippen molar-refractivity contribution in [3.05, 3.63) is 0 Å². The zero-order chi connectivity index (χ0) is 11.9.